The summed E-state index contributed by atoms with van der Waals surface area (Å²) in [5, 5.41) is 6.40. The van der Waals surface area contributed by atoms with Gasteiger partial charge in [0, 0.05) is 38.3 Å². The topological polar surface area (TPSA) is 53.6 Å². The van der Waals surface area contributed by atoms with E-state index < -0.39 is 0 Å². The van der Waals surface area contributed by atoms with Crippen molar-refractivity contribution in [1.82, 2.24) is 15.5 Å². The monoisotopic (exact) mass is 281 g/mol. The number of nitrogens with zero attached hydrogens (tertiary/aromatic N) is 1. The van der Waals surface area contributed by atoms with Crippen molar-refractivity contribution in [2.75, 3.05) is 45.9 Å². The molecule has 5 nitrogen and oxygen atoms in total. The Bertz CT molecular complexity index is 332. The average molecular weight is 281 g/mol. The minimum Gasteiger partial charge on any atom is -0.379 e. The van der Waals surface area contributed by atoms with Gasteiger partial charge in [0.05, 0.1) is 19.1 Å². The Morgan fingerprint density at radius 3 is 2.50 bits per heavy atom. The van der Waals surface area contributed by atoms with Gasteiger partial charge in [0.25, 0.3) is 0 Å². The summed E-state index contributed by atoms with van der Waals surface area (Å²) in [5.41, 5.74) is 0.189. The number of carbonyl (C=O) groups excluding carboxylic acids is 1. The van der Waals surface area contributed by atoms with Gasteiger partial charge in [-0.25, -0.2) is 0 Å². The van der Waals surface area contributed by atoms with Gasteiger partial charge in [0.1, 0.15) is 0 Å². The minimum atomic E-state index is 0.189. The highest BCUT2D eigenvalue weighted by molar-refractivity contribution is 5.80. The van der Waals surface area contributed by atoms with E-state index in [1.54, 1.807) is 0 Å². The van der Waals surface area contributed by atoms with Crippen LogP contribution in [0.1, 0.15) is 32.1 Å². The van der Waals surface area contributed by atoms with Crippen molar-refractivity contribution in [2.45, 2.75) is 37.6 Å². The van der Waals surface area contributed by atoms with Crippen LogP contribution in [0.4, 0.5) is 0 Å². The maximum atomic E-state index is 12.1. The molecule has 20 heavy (non-hydrogen) atoms. The molecule has 2 N–H and O–H groups in total. The summed E-state index contributed by atoms with van der Waals surface area (Å²) in [7, 11) is 0. The third-order valence-electron chi connectivity index (χ3n) is 5.21. The lowest BCUT2D eigenvalue weighted by Crippen LogP contribution is -2.61. The molecule has 1 aliphatic carbocycles. The SMILES string of the molecule is O=C(NCC1(N2CCOCC2)CCCCC1)C1CNC1. The summed E-state index contributed by atoms with van der Waals surface area (Å²) < 4.78 is 5.49. The van der Waals surface area contributed by atoms with Gasteiger partial charge in [0.15, 0.2) is 0 Å². The number of hydrogen-bond donors (Lipinski definition) is 2. The van der Waals surface area contributed by atoms with E-state index in [4.69, 9.17) is 4.74 Å². The van der Waals surface area contributed by atoms with E-state index in [0.717, 1.165) is 45.9 Å². The quantitative estimate of drug-likeness (QED) is 0.781. The predicted molar refractivity (Wildman–Crippen MR) is 77.6 cm³/mol. The van der Waals surface area contributed by atoms with Crippen LogP contribution >= 0.6 is 0 Å². The van der Waals surface area contributed by atoms with E-state index in [2.05, 4.69) is 15.5 Å². The molecular weight excluding hydrogens is 254 g/mol. The second kappa shape index (κ2) is 6.41. The molecule has 3 aliphatic rings. The molecule has 2 saturated heterocycles. The fourth-order valence-corrected chi connectivity index (χ4v) is 3.72. The van der Waals surface area contributed by atoms with E-state index in [-0.39, 0.29) is 17.4 Å². The summed E-state index contributed by atoms with van der Waals surface area (Å²) >= 11 is 0. The molecule has 0 atom stereocenters. The normalized spacial score (nSPS) is 27.8. The lowest BCUT2D eigenvalue weighted by molar-refractivity contribution is -0.127. The van der Waals surface area contributed by atoms with E-state index in [1.807, 2.05) is 0 Å². The lowest BCUT2D eigenvalue weighted by Gasteiger charge is -2.48. The smallest absolute Gasteiger partial charge is 0.225 e. The summed E-state index contributed by atoms with van der Waals surface area (Å²) in [5.74, 6) is 0.433. The zero-order chi connectivity index (χ0) is 13.8. The average Bonchev–Trinajstić information content (AvgIpc) is 2.45. The number of nitrogens with one attached hydrogen (secondary N) is 2. The molecule has 0 aromatic rings. The maximum Gasteiger partial charge on any atom is 0.225 e. The Balaban J connectivity index is 1.60. The van der Waals surface area contributed by atoms with E-state index >= 15 is 0 Å². The highest BCUT2D eigenvalue weighted by atomic mass is 16.5. The Labute approximate surface area is 121 Å². The van der Waals surface area contributed by atoms with Gasteiger partial charge in [-0.2, -0.15) is 0 Å². The largest absolute Gasteiger partial charge is 0.379 e. The van der Waals surface area contributed by atoms with Gasteiger partial charge in [-0.15, -0.1) is 0 Å². The second-order valence-electron chi connectivity index (χ2n) is 6.46. The highest BCUT2D eigenvalue weighted by Crippen LogP contribution is 2.33. The van der Waals surface area contributed by atoms with Gasteiger partial charge in [-0.1, -0.05) is 19.3 Å². The van der Waals surface area contributed by atoms with Gasteiger partial charge in [0.2, 0.25) is 5.91 Å². The van der Waals surface area contributed by atoms with Crippen LogP contribution in [-0.2, 0) is 9.53 Å². The summed E-state index contributed by atoms with van der Waals surface area (Å²) in [6.45, 7) is 6.21. The molecule has 0 unspecified atom stereocenters. The lowest BCUT2D eigenvalue weighted by atomic mass is 9.79. The Hall–Kier alpha value is -0.650. The number of rotatable bonds is 4. The van der Waals surface area contributed by atoms with Gasteiger partial charge in [-0.05, 0) is 12.8 Å². The number of amides is 1. The second-order valence-corrected chi connectivity index (χ2v) is 6.46. The van der Waals surface area contributed by atoms with Crippen molar-refractivity contribution >= 4 is 5.91 Å². The molecule has 0 aromatic heterocycles. The molecule has 0 spiro atoms. The third kappa shape index (κ3) is 3.00. The molecule has 0 bridgehead atoms. The molecular formula is C15H27N3O2. The van der Waals surface area contributed by atoms with Crippen LogP contribution in [0.15, 0.2) is 0 Å². The molecule has 3 fully saturated rings. The van der Waals surface area contributed by atoms with Crippen molar-refractivity contribution in [3.63, 3.8) is 0 Å². The fraction of sp³-hybridized carbons (Fsp3) is 0.933. The molecule has 0 aromatic carbocycles. The van der Waals surface area contributed by atoms with Crippen LogP contribution in [0.25, 0.3) is 0 Å². The predicted octanol–water partition coefficient (Wildman–Crippen LogP) is 0.357. The first-order chi connectivity index (χ1) is 9.80. The third-order valence-corrected chi connectivity index (χ3v) is 5.21. The van der Waals surface area contributed by atoms with Gasteiger partial charge >= 0.3 is 0 Å². The van der Waals surface area contributed by atoms with E-state index in [9.17, 15) is 4.79 Å². The molecule has 2 heterocycles. The molecule has 1 amide bonds. The van der Waals surface area contributed by atoms with Crippen LogP contribution in [0.3, 0.4) is 0 Å². The summed E-state index contributed by atoms with van der Waals surface area (Å²) in [6.07, 6.45) is 6.36. The van der Waals surface area contributed by atoms with Crippen molar-refractivity contribution in [1.29, 1.82) is 0 Å². The fourth-order valence-electron chi connectivity index (χ4n) is 3.72. The number of hydrogen-bond acceptors (Lipinski definition) is 4. The molecule has 114 valence electrons. The van der Waals surface area contributed by atoms with Crippen LogP contribution in [0.5, 0.6) is 0 Å². The van der Waals surface area contributed by atoms with Crippen LogP contribution in [-0.4, -0.2) is 62.3 Å². The molecule has 1 saturated carbocycles. The van der Waals surface area contributed by atoms with Crippen LogP contribution < -0.4 is 10.6 Å². The maximum absolute atomic E-state index is 12.1. The standard InChI is InChI=1S/C15H27N3O2/c19-14(13-10-16-11-13)17-12-15(4-2-1-3-5-15)18-6-8-20-9-7-18/h13,16H,1-12H2,(H,17,19). The number of morpholine rings is 1. The van der Waals surface area contributed by atoms with Crippen molar-refractivity contribution in [2.24, 2.45) is 5.92 Å². The number of ether oxygens (including phenoxy) is 1. The zero-order valence-electron chi connectivity index (χ0n) is 12.3. The number of carbonyl (C=O) groups is 1. The first-order valence-electron chi connectivity index (χ1n) is 8.11. The van der Waals surface area contributed by atoms with Crippen LogP contribution in [0, 0.1) is 5.92 Å². The van der Waals surface area contributed by atoms with Crippen molar-refractivity contribution < 1.29 is 9.53 Å². The zero-order valence-corrected chi connectivity index (χ0v) is 12.3. The Kier molecular flexibility index (Phi) is 4.58. The highest BCUT2D eigenvalue weighted by Gasteiger charge is 2.39. The molecule has 2 aliphatic heterocycles. The van der Waals surface area contributed by atoms with Gasteiger partial charge in [-0.3, -0.25) is 9.69 Å². The van der Waals surface area contributed by atoms with Crippen molar-refractivity contribution in [3.05, 3.63) is 0 Å². The molecule has 3 rings (SSSR count). The Morgan fingerprint density at radius 2 is 1.90 bits per heavy atom. The summed E-state index contributed by atoms with van der Waals surface area (Å²) in [4.78, 5) is 14.7. The van der Waals surface area contributed by atoms with Gasteiger partial charge < -0.3 is 15.4 Å². The van der Waals surface area contributed by atoms with Crippen molar-refractivity contribution in [3.8, 4) is 0 Å². The summed E-state index contributed by atoms with van der Waals surface area (Å²) in [6, 6.07) is 0. The Morgan fingerprint density at radius 1 is 1.20 bits per heavy atom. The van der Waals surface area contributed by atoms with E-state index in [0.29, 0.717) is 0 Å². The van der Waals surface area contributed by atoms with E-state index in [1.165, 1.54) is 32.1 Å². The molecule has 0 radical (unpaired) electrons. The molecule has 5 heteroatoms. The first-order valence-corrected chi connectivity index (χ1v) is 8.11. The minimum absolute atomic E-state index is 0.189. The first kappa shape index (κ1) is 14.3. The van der Waals surface area contributed by atoms with Crippen LogP contribution in [0.2, 0.25) is 0 Å².